The molecule has 2 aromatic carbocycles. The van der Waals surface area contributed by atoms with Crippen molar-refractivity contribution in [3.05, 3.63) is 87.6 Å². The molecule has 12 nitrogen and oxygen atoms in total. The summed E-state index contributed by atoms with van der Waals surface area (Å²) in [7, 11) is 0. The van der Waals surface area contributed by atoms with Crippen molar-refractivity contribution in [3.8, 4) is 5.75 Å². The number of aliphatic hydroxyl groups excluding tert-OH is 1. The van der Waals surface area contributed by atoms with Gasteiger partial charge in [-0.05, 0) is 72.9 Å². The van der Waals surface area contributed by atoms with Crippen LogP contribution < -0.4 is 20.7 Å². The fraction of sp³-hybridized carbons (Fsp3) is 0.432. The molecule has 2 fully saturated rings. The van der Waals surface area contributed by atoms with Gasteiger partial charge in [-0.25, -0.2) is 0 Å². The van der Waals surface area contributed by atoms with Crippen LogP contribution in [0.4, 0.5) is 0 Å². The highest BCUT2D eigenvalue weighted by Crippen LogP contribution is 2.33. The number of nitrogens with zero attached hydrogens (tertiary/aromatic N) is 2. The number of ether oxygens (including phenoxy) is 1. The van der Waals surface area contributed by atoms with Crippen LogP contribution in [0.5, 0.6) is 5.75 Å². The number of nitrogens with one attached hydrogen (secondary N) is 3. The van der Waals surface area contributed by atoms with E-state index in [0.717, 1.165) is 29.5 Å². The van der Waals surface area contributed by atoms with Crippen molar-refractivity contribution < 1.29 is 33.8 Å². The second-order valence-corrected chi connectivity index (χ2v) is 14.4. The Balaban J connectivity index is 1.34. The van der Waals surface area contributed by atoms with Gasteiger partial charge in [0.15, 0.2) is 6.61 Å². The average molecular weight is 702 g/mol. The molecule has 4 N–H and O–H groups in total. The van der Waals surface area contributed by atoms with Crippen molar-refractivity contribution in [1.29, 1.82) is 0 Å². The van der Waals surface area contributed by atoms with E-state index in [2.05, 4.69) is 16.0 Å². The Bertz CT molecular complexity index is 1730. The summed E-state index contributed by atoms with van der Waals surface area (Å²) in [5.74, 6) is -2.00. The van der Waals surface area contributed by atoms with Crippen molar-refractivity contribution in [2.24, 2.45) is 5.92 Å². The van der Waals surface area contributed by atoms with Crippen LogP contribution in [0.2, 0.25) is 0 Å². The number of thiophene rings is 1. The zero-order valence-corrected chi connectivity index (χ0v) is 29.0. The molecule has 1 saturated carbocycles. The summed E-state index contributed by atoms with van der Waals surface area (Å²) < 4.78 is 5.84. The van der Waals surface area contributed by atoms with Gasteiger partial charge in [0.05, 0.1) is 23.6 Å². The fourth-order valence-electron chi connectivity index (χ4n) is 6.57. The normalized spacial score (nSPS) is 24.2. The predicted molar refractivity (Wildman–Crippen MR) is 187 cm³/mol. The Hall–Kier alpha value is -4.75. The van der Waals surface area contributed by atoms with E-state index >= 15 is 0 Å². The van der Waals surface area contributed by atoms with Crippen LogP contribution in [0.1, 0.15) is 52.0 Å². The largest absolute Gasteiger partial charge is 0.484 e. The number of fused-ring (bicyclic) bond motifs is 4. The molecular formula is C37H43N5O7S. The van der Waals surface area contributed by atoms with Crippen LogP contribution >= 0.6 is 11.3 Å². The van der Waals surface area contributed by atoms with E-state index in [0.29, 0.717) is 17.2 Å². The van der Waals surface area contributed by atoms with Crippen LogP contribution in [0.15, 0.2) is 66.0 Å². The smallest absolute Gasteiger partial charge is 0.264 e. The highest BCUT2D eigenvalue weighted by Gasteiger charge is 2.40. The minimum Gasteiger partial charge on any atom is -0.484 e. The van der Waals surface area contributed by atoms with Crippen molar-refractivity contribution in [3.63, 3.8) is 0 Å². The zero-order chi connectivity index (χ0) is 35.4. The Labute approximate surface area is 295 Å². The minimum absolute atomic E-state index is 0.121. The van der Waals surface area contributed by atoms with Gasteiger partial charge in [-0.2, -0.15) is 0 Å². The van der Waals surface area contributed by atoms with Gasteiger partial charge in [-0.1, -0.05) is 42.5 Å². The number of amides is 5. The van der Waals surface area contributed by atoms with E-state index in [9.17, 15) is 29.1 Å². The SMILES string of the molecule is Cc1ccsc1C(=O)N1C[C@@H]2NC(=O)[C@H](Cc3ccccc3)NC(=O)CN(CC3CC3)C(=O)[C@H]([C@@H](C)O)NC(=O)COc3cccc(c3)[C@H]2C1. The zero-order valence-electron chi connectivity index (χ0n) is 28.2. The number of aryl methyl sites for hydroxylation is 1. The van der Waals surface area contributed by atoms with Gasteiger partial charge in [0.1, 0.15) is 17.8 Å². The number of hydrogen-bond donors (Lipinski definition) is 4. The van der Waals surface area contributed by atoms with Crippen LogP contribution in [-0.4, -0.2) is 101 Å². The van der Waals surface area contributed by atoms with Gasteiger partial charge in [0.2, 0.25) is 17.7 Å². The molecule has 1 aliphatic carbocycles. The summed E-state index contributed by atoms with van der Waals surface area (Å²) in [6.07, 6.45) is 0.748. The number of likely N-dealkylation sites (tertiary alicyclic amines) is 1. The molecule has 2 bridgehead atoms. The number of carbonyl (C=O) groups is 5. The maximum Gasteiger partial charge on any atom is 0.264 e. The van der Waals surface area contributed by atoms with Crippen LogP contribution in [-0.2, 0) is 25.6 Å². The van der Waals surface area contributed by atoms with E-state index in [1.165, 1.54) is 23.2 Å². The number of rotatable bonds is 6. The quantitative estimate of drug-likeness (QED) is 0.306. The van der Waals surface area contributed by atoms with Crippen molar-refractivity contribution in [1.82, 2.24) is 25.8 Å². The summed E-state index contributed by atoms with van der Waals surface area (Å²) in [5.41, 5.74) is 2.51. The Morgan fingerprint density at radius 2 is 1.76 bits per heavy atom. The number of aliphatic hydroxyl groups is 1. The molecule has 2 aliphatic heterocycles. The molecule has 5 amide bonds. The summed E-state index contributed by atoms with van der Waals surface area (Å²) in [6.45, 7) is 3.37. The number of carbonyl (C=O) groups excluding carboxylic acids is 5. The first-order valence-corrected chi connectivity index (χ1v) is 17.9. The van der Waals surface area contributed by atoms with E-state index in [1.807, 2.05) is 54.8 Å². The lowest BCUT2D eigenvalue weighted by Gasteiger charge is -2.30. The molecule has 0 unspecified atom stereocenters. The highest BCUT2D eigenvalue weighted by atomic mass is 32.1. The molecule has 0 radical (unpaired) electrons. The van der Waals surface area contributed by atoms with Gasteiger partial charge in [0, 0.05) is 32.0 Å². The van der Waals surface area contributed by atoms with E-state index in [1.54, 1.807) is 23.1 Å². The molecule has 264 valence electrons. The third kappa shape index (κ3) is 8.51. The Kier molecular flexibility index (Phi) is 10.8. The summed E-state index contributed by atoms with van der Waals surface area (Å²) in [4.78, 5) is 72.0. The average Bonchev–Trinajstić information content (AvgIpc) is 3.66. The fourth-order valence-corrected chi connectivity index (χ4v) is 7.47. The molecule has 5 atom stereocenters. The Morgan fingerprint density at radius 3 is 2.46 bits per heavy atom. The second kappa shape index (κ2) is 15.4. The van der Waals surface area contributed by atoms with E-state index in [4.69, 9.17) is 4.74 Å². The molecule has 50 heavy (non-hydrogen) atoms. The van der Waals surface area contributed by atoms with Gasteiger partial charge in [-0.3, -0.25) is 24.0 Å². The first-order valence-electron chi connectivity index (χ1n) is 17.0. The van der Waals surface area contributed by atoms with Crippen LogP contribution in [0.25, 0.3) is 0 Å². The molecular weight excluding hydrogens is 659 g/mol. The van der Waals surface area contributed by atoms with E-state index < -0.39 is 54.5 Å². The third-order valence-corrected chi connectivity index (χ3v) is 10.5. The van der Waals surface area contributed by atoms with Gasteiger partial charge in [0.25, 0.3) is 11.8 Å². The molecule has 0 spiro atoms. The van der Waals surface area contributed by atoms with E-state index in [-0.39, 0.29) is 43.8 Å². The van der Waals surface area contributed by atoms with Crippen molar-refractivity contribution >= 4 is 40.9 Å². The maximum atomic E-state index is 14.2. The lowest BCUT2D eigenvalue weighted by Crippen LogP contribution is -2.58. The van der Waals surface area contributed by atoms with Crippen molar-refractivity contribution in [2.75, 3.05) is 32.8 Å². The topological polar surface area (TPSA) is 157 Å². The van der Waals surface area contributed by atoms with Crippen LogP contribution in [0, 0.1) is 12.8 Å². The van der Waals surface area contributed by atoms with Gasteiger partial charge >= 0.3 is 0 Å². The molecule has 3 heterocycles. The number of benzene rings is 2. The number of hydrogen-bond acceptors (Lipinski definition) is 8. The molecule has 13 heteroatoms. The van der Waals surface area contributed by atoms with Gasteiger partial charge in [-0.15, -0.1) is 11.3 Å². The maximum absolute atomic E-state index is 14.2. The summed E-state index contributed by atoms with van der Waals surface area (Å²) >= 11 is 1.38. The molecule has 3 aromatic rings. The molecule has 6 rings (SSSR count). The molecule has 1 saturated heterocycles. The van der Waals surface area contributed by atoms with Crippen molar-refractivity contribution in [2.45, 2.75) is 63.3 Å². The summed E-state index contributed by atoms with van der Waals surface area (Å²) in [5, 5.41) is 21.0. The lowest BCUT2D eigenvalue weighted by atomic mass is 9.93. The molecule has 3 aliphatic rings. The minimum atomic E-state index is -1.30. The first-order chi connectivity index (χ1) is 24.0. The highest BCUT2D eigenvalue weighted by molar-refractivity contribution is 7.12. The predicted octanol–water partition coefficient (Wildman–Crippen LogP) is 2.01. The third-order valence-electron chi connectivity index (χ3n) is 9.47. The molecule has 1 aromatic heterocycles. The van der Waals surface area contributed by atoms with Gasteiger partial charge < -0.3 is 35.6 Å². The standard InChI is InChI=1S/C37H43N5O7S/c1-22-13-14-50-34(22)37(48)42-18-28-26-9-6-10-27(16-26)49-21-32(45)40-33(23(2)43)36(47)41(17-25-11-12-25)20-31(44)38-29(35(46)39-30(28)19-42)15-24-7-4-3-5-8-24/h3-10,13-14,16,23,25,28-30,33,43H,11-12,15,17-21H2,1-2H3,(H,38,44)(H,39,46)(H,40,45)/t23-,28-,29+,30+,33+/m1/s1. The van der Waals surface area contributed by atoms with Crippen LogP contribution in [0.3, 0.4) is 0 Å². The first kappa shape index (κ1) is 35.1. The monoisotopic (exact) mass is 701 g/mol. The second-order valence-electron chi connectivity index (χ2n) is 13.5. The lowest BCUT2D eigenvalue weighted by molar-refractivity contribution is -0.143. The summed E-state index contributed by atoms with van der Waals surface area (Å²) in [6, 6.07) is 15.6. The Morgan fingerprint density at radius 1 is 0.980 bits per heavy atom.